The topological polar surface area (TPSA) is 52.3 Å². The third kappa shape index (κ3) is 3.06. The van der Waals surface area contributed by atoms with Gasteiger partial charge in [0.25, 0.3) is 0 Å². The Morgan fingerprint density at radius 2 is 1.65 bits per heavy atom. The largest absolute Gasteiger partial charge is 0.497 e. The van der Waals surface area contributed by atoms with Crippen LogP contribution in [0.5, 0.6) is 5.75 Å². The summed E-state index contributed by atoms with van der Waals surface area (Å²) in [5.41, 5.74) is 7.82. The molecule has 0 bridgehead atoms. The Kier molecular flexibility index (Phi) is 4.53. The summed E-state index contributed by atoms with van der Waals surface area (Å²) in [6.45, 7) is 1.87. The number of methoxy groups -OCH3 is 1. The maximum absolute atomic E-state index is 12.4. The molecule has 0 saturated carbocycles. The Labute approximate surface area is 119 Å². The predicted molar refractivity (Wildman–Crippen MR) is 79.9 cm³/mol. The van der Waals surface area contributed by atoms with Gasteiger partial charge < -0.3 is 10.5 Å². The summed E-state index contributed by atoms with van der Waals surface area (Å²) in [7, 11) is 1.60. The first-order valence-corrected chi connectivity index (χ1v) is 6.62. The van der Waals surface area contributed by atoms with Crippen molar-refractivity contribution in [2.75, 3.05) is 7.11 Å². The highest BCUT2D eigenvalue weighted by Crippen LogP contribution is 2.23. The van der Waals surface area contributed by atoms with Gasteiger partial charge in [-0.05, 0) is 29.8 Å². The van der Waals surface area contributed by atoms with Gasteiger partial charge in [0, 0.05) is 17.5 Å². The van der Waals surface area contributed by atoms with E-state index in [0.717, 1.165) is 11.3 Å². The van der Waals surface area contributed by atoms with Crippen LogP contribution in [0.4, 0.5) is 0 Å². The fraction of sp³-hybridized carbons (Fsp3) is 0.235. The van der Waals surface area contributed by atoms with Gasteiger partial charge in [0.15, 0.2) is 5.78 Å². The van der Waals surface area contributed by atoms with E-state index in [2.05, 4.69) is 0 Å². The average Bonchev–Trinajstić information content (AvgIpc) is 2.53. The van der Waals surface area contributed by atoms with Gasteiger partial charge in [0.05, 0.1) is 7.11 Å². The maximum Gasteiger partial charge on any atom is 0.167 e. The number of hydrogen-bond donors (Lipinski definition) is 1. The first-order chi connectivity index (χ1) is 9.63. The highest BCUT2D eigenvalue weighted by Gasteiger charge is 2.23. The predicted octanol–water partition coefficient (Wildman–Crippen LogP) is 3.21. The molecule has 0 aliphatic rings. The Bertz CT molecular complexity index is 563. The zero-order valence-electron chi connectivity index (χ0n) is 11.7. The second-order valence-corrected chi connectivity index (χ2v) is 4.82. The number of carbonyl (C=O) groups excluding carboxylic acids is 1. The average molecular weight is 269 g/mol. The molecule has 2 rings (SSSR count). The molecule has 3 heteroatoms. The zero-order chi connectivity index (χ0) is 14.5. The molecule has 3 nitrogen and oxygen atoms in total. The normalized spacial score (nSPS) is 13.6. The van der Waals surface area contributed by atoms with Crippen LogP contribution in [0.25, 0.3) is 0 Å². The van der Waals surface area contributed by atoms with E-state index in [9.17, 15) is 4.79 Å². The molecule has 0 unspecified atom stereocenters. The lowest BCUT2D eigenvalue weighted by atomic mass is 9.89. The molecule has 2 aromatic rings. The van der Waals surface area contributed by atoms with Crippen molar-refractivity contribution >= 4 is 5.78 Å². The molecular weight excluding hydrogens is 250 g/mol. The van der Waals surface area contributed by atoms with Crippen LogP contribution < -0.4 is 10.5 Å². The number of hydrogen-bond acceptors (Lipinski definition) is 3. The van der Waals surface area contributed by atoms with Gasteiger partial charge in [-0.3, -0.25) is 4.79 Å². The van der Waals surface area contributed by atoms with Gasteiger partial charge in [0.1, 0.15) is 5.75 Å². The van der Waals surface area contributed by atoms with Crippen LogP contribution in [0.15, 0.2) is 54.6 Å². The molecular formula is C17H19NO2. The van der Waals surface area contributed by atoms with Gasteiger partial charge >= 0.3 is 0 Å². The third-order valence-electron chi connectivity index (χ3n) is 3.51. The summed E-state index contributed by atoms with van der Waals surface area (Å²) in [5.74, 6) is 0.511. The van der Waals surface area contributed by atoms with Crippen LogP contribution in [-0.4, -0.2) is 12.9 Å². The van der Waals surface area contributed by atoms with Crippen LogP contribution >= 0.6 is 0 Å². The lowest BCUT2D eigenvalue weighted by molar-refractivity contribution is 0.0913. The number of carbonyl (C=O) groups is 1. The molecule has 0 aromatic heterocycles. The van der Waals surface area contributed by atoms with Crippen molar-refractivity contribution in [2.24, 2.45) is 11.7 Å². The van der Waals surface area contributed by atoms with E-state index in [1.54, 1.807) is 31.4 Å². The van der Waals surface area contributed by atoms with Crippen molar-refractivity contribution in [1.82, 2.24) is 0 Å². The second-order valence-electron chi connectivity index (χ2n) is 4.82. The number of benzene rings is 2. The Morgan fingerprint density at radius 1 is 1.05 bits per heavy atom. The van der Waals surface area contributed by atoms with Gasteiger partial charge in [-0.2, -0.15) is 0 Å². The molecule has 0 spiro atoms. The smallest absolute Gasteiger partial charge is 0.167 e. The summed E-state index contributed by atoms with van der Waals surface area (Å²) in [4.78, 5) is 12.4. The number of Topliss-reactive ketones (excluding diaryl/α,β-unsaturated/α-hetero) is 1. The van der Waals surface area contributed by atoms with Crippen LogP contribution in [-0.2, 0) is 0 Å². The van der Waals surface area contributed by atoms with Crippen molar-refractivity contribution in [3.05, 3.63) is 65.7 Å². The number of rotatable bonds is 5. The molecule has 20 heavy (non-hydrogen) atoms. The van der Waals surface area contributed by atoms with E-state index in [4.69, 9.17) is 10.5 Å². The lowest BCUT2D eigenvalue weighted by Crippen LogP contribution is -2.26. The first-order valence-electron chi connectivity index (χ1n) is 6.62. The molecule has 0 heterocycles. The van der Waals surface area contributed by atoms with Crippen LogP contribution in [0.1, 0.15) is 28.9 Å². The van der Waals surface area contributed by atoms with Crippen molar-refractivity contribution in [2.45, 2.75) is 13.0 Å². The van der Waals surface area contributed by atoms with Gasteiger partial charge in [-0.1, -0.05) is 37.3 Å². The van der Waals surface area contributed by atoms with E-state index in [0.29, 0.717) is 5.56 Å². The summed E-state index contributed by atoms with van der Waals surface area (Å²) in [5, 5.41) is 0. The lowest BCUT2D eigenvalue weighted by Gasteiger charge is -2.19. The summed E-state index contributed by atoms with van der Waals surface area (Å²) >= 11 is 0. The molecule has 0 amide bonds. The molecule has 2 aromatic carbocycles. The van der Waals surface area contributed by atoms with Crippen molar-refractivity contribution in [3.63, 3.8) is 0 Å². The minimum absolute atomic E-state index is 0.0454. The first kappa shape index (κ1) is 14.3. The minimum Gasteiger partial charge on any atom is -0.497 e. The van der Waals surface area contributed by atoms with Crippen LogP contribution in [0, 0.1) is 5.92 Å². The molecule has 0 fully saturated rings. The third-order valence-corrected chi connectivity index (χ3v) is 3.51. The standard InChI is InChI=1S/C17H19NO2/c1-12(16(18)13-6-4-3-5-7-13)17(19)14-8-10-15(20-2)11-9-14/h3-12,16H,18H2,1-2H3/t12-,16+/m1/s1. The molecule has 104 valence electrons. The second kappa shape index (κ2) is 6.35. The summed E-state index contributed by atoms with van der Waals surface area (Å²) < 4.78 is 5.09. The van der Waals surface area contributed by atoms with Gasteiger partial charge in [-0.25, -0.2) is 0 Å². The van der Waals surface area contributed by atoms with Crippen molar-refractivity contribution in [1.29, 1.82) is 0 Å². The molecule has 0 radical (unpaired) electrons. The van der Waals surface area contributed by atoms with E-state index in [1.165, 1.54) is 0 Å². The van der Waals surface area contributed by atoms with Crippen LogP contribution in [0.2, 0.25) is 0 Å². The van der Waals surface area contributed by atoms with Crippen molar-refractivity contribution < 1.29 is 9.53 Å². The van der Waals surface area contributed by atoms with E-state index >= 15 is 0 Å². The molecule has 2 atom stereocenters. The Hall–Kier alpha value is -2.13. The summed E-state index contributed by atoms with van der Waals surface area (Å²) in [6, 6.07) is 16.5. The zero-order valence-corrected chi connectivity index (χ0v) is 11.7. The van der Waals surface area contributed by atoms with Gasteiger partial charge in [0.2, 0.25) is 0 Å². The molecule has 0 aliphatic carbocycles. The number of nitrogens with two attached hydrogens (primary N) is 1. The summed E-state index contributed by atoms with van der Waals surface area (Å²) in [6.07, 6.45) is 0. The maximum atomic E-state index is 12.4. The highest BCUT2D eigenvalue weighted by atomic mass is 16.5. The van der Waals surface area contributed by atoms with Gasteiger partial charge in [-0.15, -0.1) is 0 Å². The molecule has 2 N–H and O–H groups in total. The quantitative estimate of drug-likeness (QED) is 0.848. The fourth-order valence-corrected chi connectivity index (χ4v) is 2.15. The van der Waals surface area contributed by atoms with E-state index in [1.807, 2.05) is 37.3 Å². The highest BCUT2D eigenvalue weighted by molar-refractivity contribution is 5.98. The fourth-order valence-electron chi connectivity index (χ4n) is 2.15. The van der Waals surface area contributed by atoms with Crippen molar-refractivity contribution in [3.8, 4) is 5.75 Å². The monoisotopic (exact) mass is 269 g/mol. The Balaban J connectivity index is 2.15. The number of ketones is 1. The molecule has 0 saturated heterocycles. The molecule has 0 aliphatic heterocycles. The SMILES string of the molecule is COc1ccc(C(=O)[C@H](C)[C@H](N)c2ccccc2)cc1. The minimum atomic E-state index is -0.300. The van der Waals surface area contributed by atoms with E-state index < -0.39 is 0 Å². The Morgan fingerprint density at radius 3 is 2.20 bits per heavy atom. The van der Waals surface area contributed by atoms with Crippen LogP contribution in [0.3, 0.4) is 0 Å². The van der Waals surface area contributed by atoms with E-state index in [-0.39, 0.29) is 17.7 Å². The number of ether oxygens (including phenoxy) is 1.